The number of likely N-dealkylation sites (tertiary alicyclic amines) is 1. The van der Waals surface area contributed by atoms with Crippen molar-refractivity contribution in [1.29, 1.82) is 0 Å². The number of nitrogens with zero attached hydrogens (tertiary/aromatic N) is 2. The first-order valence-electron chi connectivity index (χ1n) is 8.10. The van der Waals surface area contributed by atoms with Gasteiger partial charge in [0.2, 0.25) is 0 Å². The normalized spacial score (nSPS) is 28.6. The van der Waals surface area contributed by atoms with Crippen LogP contribution in [-0.2, 0) is 9.53 Å². The maximum atomic E-state index is 12.1. The maximum absolute atomic E-state index is 12.1. The van der Waals surface area contributed by atoms with Gasteiger partial charge in [-0.2, -0.15) is 0 Å². The number of hydrogen-bond acceptors (Lipinski definition) is 5. The van der Waals surface area contributed by atoms with Crippen LogP contribution in [0.5, 0.6) is 0 Å². The smallest absolute Gasteiger partial charge is 0.323 e. The number of fused-ring (bicyclic) bond motifs is 1. The standard InChI is InChI=1S/C17H24ClN3O2/c1-20-10-15(21-8-4-7-13(21)17(22)23-2)16-11(14(20)9-19)5-3-6-12(16)18/h3,5-6,13-15H,4,7-10,19H2,1-2H3. The number of carbonyl (C=O) groups is 1. The lowest BCUT2D eigenvalue weighted by Gasteiger charge is -2.43. The molecular formula is C17H24ClN3O2. The minimum atomic E-state index is -0.183. The summed E-state index contributed by atoms with van der Waals surface area (Å²) < 4.78 is 5.00. The van der Waals surface area contributed by atoms with Gasteiger partial charge in [-0.15, -0.1) is 0 Å². The van der Waals surface area contributed by atoms with Crippen LogP contribution in [0.1, 0.15) is 36.1 Å². The molecule has 2 N–H and O–H groups in total. The van der Waals surface area contributed by atoms with E-state index in [0.717, 1.165) is 36.5 Å². The van der Waals surface area contributed by atoms with Crippen molar-refractivity contribution in [3.05, 3.63) is 34.3 Å². The Morgan fingerprint density at radius 1 is 1.48 bits per heavy atom. The predicted molar refractivity (Wildman–Crippen MR) is 90.4 cm³/mol. The average Bonchev–Trinajstić information content (AvgIpc) is 3.03. The Hall–Kier alpha value is -1.14. The fourth-order valence-electron chi connectivity index (χ4n) is 4.05. The molecule has 0 spiro atoms. The van der Waals surface area contributed by atoms with Crippen LogP contribution in [0.3, 0.4) is 0 Å². The molecule has 2 aliphatic heterocycles. The molecular weight excluding hydrogens is 314 g/mol. The monoisotopic (exact) mass is 337 g/mol. The topological polar surface area (TPSA) is 58.8 Å². The highest BCUT2D eigenvalue weighted by Crippen LogP contribution is 2.42. The van der Waals surface area contributed by atoms with Crippen molar-refractivity contribution in [3.8, 4) is 0 Å². The summed E-state index contributed by atoms with van der Waals surface area (Å²) in [4.78, 5) is 16.6. The number of methoxy groups -OCH3 is 1. The SMILES string of the molecule is COC(=O)C1CCCN1C1CN(C)C(CN)c2cccc(Cl)c21. The summed E-state index contributed by atoms with van der Waals surface area (Å²) in [6.45, 7) is 2.25. The Balaban J connectivity index is 2.02. The summed E-state index contributed by atoms with van der Waals surface area (Å²) in [6, 6.07) is 6.08. The van der Waals surface area contributed by atoms with Gasteiger partial charge < -0.3 is 10.5 Å². The molecule has 23 heavy (non-hydrogen) atoms. The zero-order valence-electron chi connectivity index (χ0n) is 13.7. The largest absolute Gasteiger partial charge is 0.468 e. The first-order chi connectivity index (χ1) is 11.1. The first-order valence-corrected chi connectivity index (χ1v) is 8.48. The number of esters is 1. The summed E-state index contributed by atoms with van der Waals surface area (Å²) in [5.74, 6) is -0.153. The second kappa shape index (κ2) is 6.77. The molecule has 0 aliphatic carbocycles. The van der Waals surface area contributed by atoms with Crippen molar-refractivity contribution in [2.24, 2.45) is 5.73 Å². The Morgan fingerprint density at radius 2 is 2.26 bits per heavy atom. The van der Waals surface area contributed by atoms with Crippen LogP contribution >= 0.6 is 11.6 Å². The van der Waals surface area contributed by atoms with Crippen LogP contribution in [0.4, 0.5) is 0 Å². The lowest BCUT2D eigenvalue weighted by atomic mass is 9.88. The van der Waals surface area contributed by atoms with E-state index in [1.54, 1.807) is 0 Å². The summed E-state index contributed by atoms with van der Waals surface area (Å²) in [7, 11) is 3.54. The van der Waals surface area contributed by atoms with E-state index in [-0.39, 0.29) is 24.1 Å². The summed E-state index contributed by atoms with van der Waals surface area (Å²) in [5.41, 5.74) is 8.28. The van der Waals surface area contributed by atoms with Gasteiger partial charge in [-0.3, -0.25) is 14.6 Å². The summed E-state index contributed by atoms with van der Waals surface area (Å²) >= 11 is 6.54. The minimum absolute atomic E-state index is 0.0955. The first kappa shape index (κ1) is 16.7. The zero-order chi connectivity index (χ0) is 16.6. The molecule has 0 amide bonds. The molecule has 3 unspecified atom stereocenters. The van der Waals surface area contributed by atoms with Crippen LogP contribution in [0.25, 0.3) is 0 Å². The number of likely N-dealkylation sites (N-methyl/N-ethyl adjacent to an activating group) is 1. The molecule has 6 heteroatoms. The number of carbonyl (C=O) groups excluding carboxylic acids is 1. The molecule has 5 nitrogen and oxygen atoms in total. The Bertz CT molecular complexity index is 595. The third-order valence-corrected chi connectivity index (χ3v) is 5.49. The second-order valence-electron chi connectivity index (χ2n) is 6.37. The molecule has 1 aromatic carbocycles. The van der Waals surface area contributed by atoms with Gasteiger partial charge in [0.15, 0.2) is 0 Å². The Labute approximate surface area is 142 Å². The number of ether oxygens (including phenoxy) is 1. The number of hydrogen-bond donors (Lipinski definition) is 1. The van der Waals surface area contributed by atoms with E-state index in [1.807, 2.05) is 12.1 Å². The molecule has 0 saturated carbocycles. The number of benzene rings is 1. The van der Waals surface area contributed by atoms with Gasteiger partial charge in [0, 0.05) is 24.2 Å². The van der Waals surface area contributed by atoms with Crippen LogP contribution in [-0.4, -0.2) is 55.6 Å². The fourth-order valence-corrected chi connectivity index (χ4v) is 4.36. The van der Waals surface area contributed by atoms with Crippen molar-refractivity contribution < 1.29 is 9.53 Å². The lowest BCUT2D eigenvalue weighted by Crippen LogP contribution is -2.48. The highest BCUT2D eigenvalue weighted by molar-refractivity contribution is 6.31. The van der Waals surface area contributed by atoms with Crippen molar-refractivity contribution in [3.63, 3.8) is 0 Å². The third kappa shape index (κ3) is 2.87. The zero-order valence-corrected chi connectivity index (χ0v) is 14.4. The fraction of sp³-hybridized carbons (Fsp3) is 0.588. The van der Waals surface area contributed by atoms with Gasteiger partial charge in [0.25, 0.3) is 0 Å². The molecule has 2 heterocycles. The van der Waals surface area contributed by atoms with E-state index >= 15 is 0 Å². The molecule has 126 valence electrons. The van der Waals surface area contributed by atoms with Gasteiger partial charge in [-0.25, -0.2) is 0 Å². The van der Waals surface area contributed by atoms with E-state index in [1.165, 1.54) is 12.7 Å². The van der Waals surface area contributed by atoms with Crippen molar-refractivity contribution in [1.82, 2.24) is 9.80 Å². The van der Waals surface area contributed by atoms with E-state index in [9.17, 15) is 4.79 Å². The predicted octanol–water partition coefficient (Wildman–Crippen LogP) is 1.96. The van der Waals surface area contributed by atoms with Gasteiger partial charge in [0.05, 0.1) is 13.2 Å². The Kier molecular flexibility index (Phi) is 4.92. The quantitative estimate of drug-likeness (QED) is 0.854. The van der Waals surface area contributed by atoms with Crippen molar-refractivity contribution >= 4 is 17.6 Å². The molecule has 0 bridgehead atoms. The van der Waals surface area contributed by atoms with E-state index < -0.39 is 0 Å². The number of rotatable bonds is 3. The molecule has 2 aliphatic rings. The van der Waals surface area contributed by atoms with Crippen LogP contribution in [0, 0.1) is 0 Å². The third-order valence-electron chi connectivity index (χ3n) is 5.16. The number of halogens is 1. The van der Waals surface area contributed by atoms with Crippen LogP contribution < -0.4 is 5.73 Å². The summed E-state index contributed by atoms with van der Waals surface area (Å²) in [6.07, 6.45) is 1.84. The molecule has 1 aromatic rings. The molecule has 0 aromatic heterocycles. The van der Waals surface area contributed by atoms with Gasteiger partial charge in [-0.1, -0.05) is 23.7 Å². The molecule has 3 atom stereocenters. The van der Waals surface area contributed by atoms with E-state index in [4.69, 9.17) is 22.1 Å². The molecule has 1 saturated heterocycles. The van der Waals surface area contributed by atoms with Crippen molar-refractivity contribution in [2.45, 2.75) is 31.0 Å². The van der Waals surface area contributed by atoms with Gasteiger partial charge >= 0.3 is 5.97 Å². The van der Waals surface area contributed by atoms with Crippen LogP contribution in [0.15, 0.2) is 18.2 Å². The van der Waals surface area contributed by atoms with Gasteiger partial charge in [0.1, 0.15) is 6.04 Å². The van der Waals surface area contributed by atoms with Gasteiger partial charge in [-0.05, 0) is 43.6 Å². The van der Waals surface area contributed by atoms with Crippen molar-refractivity contribution in [2.75, 3.05) is 33.8 Å². The molecule has 3 rings (SSSR count). The maximum Gasteiger partial charge on any atom is 0.323 e. The Morgan fingerprint density at radius 3 is 2.96 bits per heavy atom. The van der Waals surface area contributed by atoms with Crippen LogP contribution in [0.2, 0.25) is 5.02 Å². The summed E-state index contributed by atoms with van der Waals surface area (Å²) in [5, 5.41) is 0.759. The van der Waals surface area contributed by atoms with E-state index in [2.05, 4.69) is 22.9 Å². The van der Waals surface area contributed by atoms with E-state index in [0.29, 0.717) is 6.54 Å². The highest BCUT2D eigenvalue weighted by atomic mass is 35.5. The molecule has 0 radical (unpaired) electrons. The number of nitrogens with two attached hydrogens (primary N) is 1. The average molecular weight is 338 g/mol. The second-order valence-corrected chi connectivity index (χ2v) is 6.78. The minimum Gasteiger partial charge on any atom is -0.468 e. The lowest BCUT2D eigenvalue weighted by molar-refractivity contribution is -0.147. The molecule has 1 fully saturated rings. The highest BCUT2D eigenvalue weighted by Gasteiger charge is 2.41.